The van der Waals surface area contributed by atoms with E-state index in [1.54, 1.807) is 20.8 Å². The first-order valence-corrected chi connectivity index (χ1v) is 12.3. The molecule has 0 bridgehead atoms. The number of aromatic amines is 1. The standard InChI is InChI=1S/C21H25N2O11P/c1-6-20(5)18(23-9-7-14(25)22-19(23)27)32-15-16-21(15,20)34-35(28,33-16)29-10-8-13(31-12(4)24)17(26)30-11(2)3/h1,7,9,11,13,15-16,18H,8,10H2,2-5H3,(H,22,25,27)/t13-,15+,16?,18+,20-,21-,35-/m0/s1. The van der Waals surface area contributed by atoms with Gasteiger partial charge in [-0.15, -0.1) is 6.42 Å². The Bertz CT molecular complexity index is 1250. The summed E-state index contributed by atoms with van der Waals surface area (Å²) in [5.74, 6) is 1.10. The first-order valence-electron chi connectivity index (χ1n) is 10.8. The molecule has 2 aliphatic heterocycles. The van der Waals surface area contributed by atoms with Crippen LogP contribution in [0.15, 0.2) is 21.9 Å². The largest absolute Gasteiger partial charge is 0.476 e. The molecule has 1 aliphatic carbocycles. The van der Waals surface area contributed by atoms with Crippen molar-refractivity contribution < 1.29 is 41.9 Å². The van der Waals surface area contributed by atoms with Gasteiger partial charge in [-0.25, -0.2) is 14.2 Å². The average Bonchev–Trinajstić information content (AvgIpc) is 3.06. The number of hydrogen-bond acceptors (Lipinski definition) is 11. The van der Waals surface area contributed by atoms with Gasteiger partial charge in [-0.2, -0.15) is 0 Å². The molecule has 0 radical (unpaired) electrons. The fraction of sp³-hybridized carbons (Fsp3) is 0.619. The van der Waals surface area contributed by atoms with E-state index < -0.39 is 72.7 Å². The molecule has 14 heteroatoms. The molecular weight excluding hydrogens is 487 g/mol. The van der Waals surface area contributed by atoms with Crippen LogP contribution in [-0.4, -0.2) is 58.1 Å². The van der Waals surface area contributed by atoms with Crippen LogP contribution in [0.25, 0.3) is 0 Å². The van der Waals surface area contributed by atoms with Crippen molar-refractivity contribution in [2.24, 2.45) is 5.41 Å². The van der Waals surface area contributed by atoms with E-state index in [-0.39, 0.29) is 13.0 Å². The van der Waals surface area contributed by atoms with Crippen molar-refractivity contribution in [1.29, 1.82) is 0 Å². The summed E-state index contributed by atoms with van der Waals surface area (Å²) in [5, 5.41) is 0. The first-order chi connectivity index (χ1) is 16.4. The zero-order chi connectivity index (χ0) is 25.8. The molecular formula is C21H25N2O11P. The Morgan fingerprint density at radius 2 is 2.03 bits per heavy atom. The van der Waals surface area contributed by atoms with Gasteiger partial charge in [0.25, 0.3) is 5.56 Å². The lowest BCUT2D eigenvalue weighted by molar-refractivity contribution is -0.170. The van der Waals surface area contributed by atoms with Gasteiger partial charge in [0, 0.05) is 25.6 Å². The van der Waals surface area contributed by atoms with Crippen LogP contribution < -0.4 is 11.2 Å². The summed E-state index contributed by atoms with van der Waals surface area (Å²) in [6.45, 7) is 5.68. The summed E-state index contributed by atoms with van der Waals surface area (Å²) in [6, 6.07) is 1.14. The normalized spacial score (nSPS) is 35.6. The molecule has 1 spiro atoms. The molecule has 1 aromatic heterocycles. The highest BCUT2D eigenvalue weighted by Gasteiger charge is 2.90. The summed E-state index contributed by atoms with van der Waals surface area (Å²) >= 11 is 0. The van der Waals surface area contributed by atoms with E-state index in [9.17, 15) is 23.7 Å². The molecule has 4 rings (SSSR count). The molecule has 7 atom stereocenters. The van der Waals surface area contributed by atoms with Crippen LogP contribution >= 0.6 is 7.82 Å². The maximum Gasteiger partial charge on any atom is 0.476 e. The van der Waals surface area contributed by atoms with E-state index in [2.05, 4.69) is 10.9 Å². The maximum atomic E-state index is 13.2. The fourth-order valence-electron chi connectivity index (χ4n) is 4.42. The lowest BCUT2D eigenvalue weighted by Crippen LogP contribution is -2.44. The van der Waals surface area contributed by atoms with Crippen molar-refractivity contribution in [1.82, 2.24) is 9.55 Å². The van der Waals surface area contributed by atoms with Gasteiger partial charge in [0.05, 0.1) is 12.7 Å². The van der Waals surface area contributed by atoms with Crippen molar-refractivity contribution >= 4 is 19.8 Å². The maximum absolute atomic E-state index is 13.2. The number of esters is 2. The van der Waals surface area contributed by atoms with E-state index in [4.69, 9.17) is 34.2 Å². The van der Waals surface area contributed by atoms with Gasteiger partial charge < -0.3 is 14.2 Å². The second-order valence-electron chi connectivity index (χ2n) is 8.84. The number of ether oxygens (including phenoxy) is 3. The number of phosphoric ester groups is 1. The SMILES string of the molecule is C#C[C@@]1(C)[C@H](n2ccc(=O)[nH]c2=O)O[C@@H]2C3O[P@](=O)(OCC[C@H](OC(C)=O)C(=O)OC(C)C)O[C@]321. The third-order valence-electron chi connectivity index (χ3n) is 6.05. The molecule has 3 heterocycles. The van der Waals surface area contributed by atoms with Crippen molar-refractivity contribution in [2.75, 3.05) is 6.61 Å². The zero-order valence-corrected chi connectivity index (χ0v) is 20.3. The van der Waals surface area contributed by atoms with Gasteiger partial charge in [-0.05, 0) is 20.8 Å². The molecule has 0 aromatic carbocycles. The van der Waals surface area contributed by atoms with Crippen molar-refractivity contribution in [3.8, 4) is 12.3 Å². The predicted octanol–water partition coefficient (Wildman–Crippen LogP) is 0.639. The second kappa shape index (κ2) is 8.72. The van der Waals surface area contributed by atoms with Gasteiger partial charge in [0.15, 0.2) is 11.8 Å². The molecule has 3 fully saturated rings. The Morgan fingerprint density at radius 3 is 2.63 bits per heavy atom. The minimum atomic E-state index is -4.15. The highest BCUT2D eigenvalue weighted by molar-refractivity contribution is 7.48. The monoisotopic (exact) mass is 512 g/mol. The number of hydrogen-bond donors (Lipinski definition) is 1. The highest BCUT2D eigenvalue weighted by atomic mass is 31.2. The number of phosphoric acid groups is 1. The molecule has 2 saturated heterocycles. The quantitative estimate of drug-likeness (QED) is 0.296. The molecule has 1 saturated carbocycles. The summed E-state index contributed by atoms with van der Waals surface area (Å²) in [7, 11) is -4.15. The highest BCUT2D eigenvalue weighted by Crippen LogP contribution is 2.79. The van der Waals surface area contributed by atoms with Crippen LogP contribution in [0, 0.1) is 17.8 Å². The number of rotatable bonds is 8. The molecule has 190 valence electrons. The van der Waals surface area contributed by atoms with Crippen LogP contribution in [0.3, 0.4) is 0 Å². The lowest BCUT2D eigenvalue weighted by atomic mass is 9.81. The van der Waals surface area contributed by atoms with Crippen LogP contribution in [0.4, 0.5) is 0 Å². The van der Waals surface area contributed by atoms with Crippen LogP contribution in [0.1, 0.15) is 40.3 Å². The topological polar surface area (TPSA) is 161 Å². The molecule has 13 nitrogen and oxygen atoms in total. The number of nitrogens with one attached hydrogen (secondary N) is 1. The fourth-order valence-corrected chi connectivity index (χ4v) is 6.21. The Hall–Kier alpha value is -2.75. The average molecular weight is 512 g/mol. The molecule has 1 unspecified atom stereocenters. The van der Waals surface area contributed by atoms with Gasteiger partial charge in [-0.3, -0.25) is 32.7 Å². The summed E-state index contributed by atoms with van der Waals surface area (Å²) in [4.78, 5) is 49.4. The van der Waals surface area contributed by atoms with Crippen LogP contribution in [0.5, 0.6) is 0 Å². The van der Waals surface area contributed by atoms with E-state index >= 15 is 0 Å². The molecule has 0 amide bonds. The number of nitrogens with zero attached hydrogens (tertiary/aromatic N) is 1. The van der Waals surface area contributed by atoms with Crippen molar-refractivity contribution in [3.05, 3.63) is 33.1 Å². The van der Waals surface area contributed by atoms with Crippen molar-refractivity contribution in [2.45, 2.75) is 70.4 Å². The van der Waals surface area contributed by atoms with Gasteiger partial charge in [0.1, 0.15) is 17.6 Å². The molecule has 35 heavy (non-hydrogen) atoms. The molecule has 1 aromatic rings. The molecule has 1 N–H and O–H groups in total. The third kappa shape index (κ3) is 4.15. The predicted molar refractivity (Wildman–Crippen MR) is 116 cm³/mol. The Morgan fingerprint density at radius 1 is 1.31 bits per heavy atom. The summed E-state index contributed by atoms with van der Waals surface area (Å²) in [6.07, 6.45) is 2.60. The van der Waals surface area contributed by atoms with E-state index in [1.807, 2.05) is 0 Å². The van der Waals surface area contributed by atoms with Crippen molar-refractivity contribution in [3.63, 3.8) is 0 Å². The third-order valence-corrected chi connectivity index (χ3v) is 7.56. The zero-order valence-electron chi connectivity index (χ0n) is 19.4. The Labute approximate surface area is 199 Å². The summed E-state index contributed by atoms with van der Waals surface area (Å²) < 4.78 is 46.9. The minimum absolute atomic E-state index is 0.165. The minimum Gasteiger partial charge on any atom is -0.460 e. The van der Waals surface area contributed by atoms with Gasteiger partial charge in [0.2, 0.25) is 6.10 Å². The second-order valence-corrected chi connectivity index (χ2v) is 10.4. The van der Waals surface area contributed by atoms with Gasteiger partial charge in [-0.1, -0.05) is 5.92 Å². The van der Waals surface area contributed by atoms with E-state index in [0.29, 0.717) is 0 Å². The van der Waals surface area contributed by atoms with Crippen LogP contribution in [-0.2, 0) is 41.9 Å². The number of fused-ring (bicyclic) bond motifs is 1. The van der Waals surface area contributed by atoms with Gasteiger partial charge >= 0.3 is 25.5 Å². The van der Waals surface area contributed by atoms with E-state index in [1.165, 1.54) is 6.20 Å². The smallest absolute Gasteiger partial charge is 0.460 e. The Kier molecular flexibility index (Phi) is 6.32. The van der Waals surface area contributed by atoms with E-state index in [0.717, 1.165) is 17.6 Å². The summed E-state index contributed by atoms with van der Waals surface area (Å²) in [5.41, 5.74) is -4.00. The number of carbonyl (C=O) groups is 2. The molecule has 3 aliphatic rings. The lowest BCUT2D eigenvalue weighted by Gasteiger charge is -2.32. The number of aromatic nitrogens is 2. The number of terminal acetylenes is 1. The number of H-pyrrole nitrogens is 1. The first kappa shape index (κ1) is 25.3. The van der Waals surface area contributed by atoms with Crippen LogP contribution in [0.2, 0.25) is 0 Å². The Balaban J connectivity index is 1.46. The number of carbonyl (C=O) groups excluding carboxylic acids is 2.